The molecule has 2 heterocycles. The van der Waals surface area contributed by atoms with Crippen molar-refractivity contribution in [2.45, 2.75) is 25.9 Å². The van der Waals surface area contributed by atoms with Crippen LogP contribution in [0, 0.1) is 0 Å². The molecule has 0 aliphatic carbocycles. The van der Waals surface area contributed by atoms with E-state index in [1.54, 1.807) is 0 Å². The summed E-state index contributed by atoms with van der Waals surface area (Å²) in [6.07, 6.45) is 2.77. The number of hydrogen-bond donors (Lipinski definition) is 1. The van der Waals surface area contributed by atoms with E-state index in [1.807, 2.05) is 4.90 Å². The van der Waals surface area contributed by atoms with Gasteiger partial charge in [0.05, 0.1) is 12.7 Å². The third kappa shape index (κ3) is 1.77. The number of hydrogen-bond acceptors (Lipinski definition) is 3. The zero-order valence-electron chi connectivity index (χ0n) is 8.83. The molecule has 0 aromatic heterocycles. The number of carbonyl (C=O) groups excluding carboxylic acids is 1. The van der Waals surface area contributed by atoms with Crippen LogP contribution in [0.25, 0.3) is 0 Å². The van der Waals surface area contributed by atoms with Crippen LogP contribution in [0.15, 0.2) is 0 Å². The smallest absolute Gasteiger partial charge is 0.237 e. The van der Waals surface area contributed by atoms with Gasteiger partial charge in [0.1, 0.15) is 0 Å². The molecular formula is C10H19N3O. The summed E-state index contributed by atoms with van der Waals surface area (Å²) in [4.78, 5) is 16.1. The molecule has 80 valence electrons. The van der Waals surface area contributed by atoms with Crippen LogP contribution in [0.5, 0.6) is 0 Å². The Balaban J connectivity index is 2.01. The second kappa shape index (κ2) is 4.28. The van der Waals surface area contributed by atoms with Crippen molar-refractivity contribution in [1.29, 1.82) is 0 Å². The van der Waals surface area contributed by atoms with E-state index in [9.17, 15) is 4.79 Å². The average molecular weight is 197 g/mol. The number of rotatable bonds is 2. The molecule has 2 fully saturated rings. The molecule has 1 N–H and O–H groups in total. The van der Waals surface area contributed by atoms with Crippen molar-refractivity contribution < 1.29 is 4.79 Å². The fraction of sp³-hybridized carbons (Fsp3) is 0.900. The fourth-order valence-electron chi connectivity index (χ4n) is 2.47. The van der Waals surface area contributed by atoms with Crippen LogP contribution >= 0.6 is 0 Å². The molecule has 0 bridgehead atoms. The molecule has 2 rings (SSSR count). The number of nitrogens with zero attached hydrogens (tertiary/aromatic N) is 2. The van der Waals surface area contributed by atoms with Gasteiger partial charge in [0.25, 0.3) is 0 Å². The van der Waals surface area contributed by atoms with Crippen molar-refractivity contribution in [3.05, 3.63) is 0 Å². The summed E-state index contributed by atoms with van der Waals surface area (Å²) >= 11 is 0. The molecule has 4 nitrogen and oxygen atoms in total. The summed E-state index contributed by atoms with van der Waals surface area (Å²) in [5.41, 5.74) is 0. The van der Waals surface area contributed by atoms with E-state index >= 15 is 0 Å². The number of carbonyl (C=O) groups is 1. The first-order valence-electron chi connectivity index (χ1n) is 5.57. The largest absolute Gasteiger partial charge is 0.325 e. The van der Waals surface area contributed by atoms with E-state index in [-0.39, 0.29) is 5.91 Å². The first-order valence-corrected chi connectivity index (χ1v) is 5.57. The van der Waals surface area contributed by atoms with Crippen molar-refractivity contribution >= 4 is 5.91 Å². The van der Waals surface area contributed by atoms with Gasteiger partial charge in [-0.1, -0.05) is 6.92 Å². The quantitative estimate of drug-likeness (QED) is 0.669. The zero-order chi connectivity index (χ0) is 9.97. The molecule has 1 atom stereocenters. The van der Waals surface area contributed by atoms with Gasteiger partial charge in [0, 0.05) is 19.6 Å². The Kier molecular flexibility index (Phi) is 3.03. The maximum Gasteiger partial charge on any atom is 0.237 e. The number of likely N-dealkylation sites (tertiary alicyclic amines) is 1. The van der Waals surface area contributed by atoms with Gasteiger partial charge in [-0.15, -0.1) is 0 Å². The van der Waals surface area contributed by atoms with Gasteiger partial charge < -0.3 is 10.2 Å². The Bertz CT molecular complexity index is 219. The first kappa shape index (κ1) is 9.93. The molecule has 0 aromatic carbocycles. The van der Waals surface area contributed by atoms with Crippen LogP contribution in [0.3, 0.4) is 0 Å². The molecule has 0 spiro atoms. The topological polar surface area (TPSA) is 35.6 Å². The molecule has 14 heavy (non-hydrogen) atoms. The zero-order valence-corrected chi connectivity index (χ0v) is 8.83. The highest BCUT2D eigenvalue weighted by atomic mass is 16.2. The van der Waals surface area contributed by atoms with Crippen molar-refractivity contribution in [2.75, 3.05) is 32.7 Å². The monoisotopic (exact) mass is 197 g/mol. The van der Waals surface area contributed by atoms with Crippen molar-refractivity contribution in [2.24, 2.45) is 0 Å². The van der Waals surface area contributed by atoms with Gasteiger partial charge in [-0.3, -0.25) is 9.69 Å². The lowest BCUT2D eigenvalue weighted by atomic mass is 10.2. The molecule has 4 heteroatoms. The lowest BCUT2D eigenvalue weighted by Crippen LogP contribution is -2.56. The summed E-state index contributed by atoms with van der Waals surface area (Å²) in [6, 6.07) is 0. The maximum atomic E-state index is 11.7. The highest BCUT2D eigenvalue weighted by molar-refractivity contribution is 5.79. The van der Waals surface area contributed by atoms with Crippen LogP contribution in [0.1, 0.15) is 19.8 Å². The summed E-state index contributed by atoms with van der Waals surface area (Å²) in [6.45, 7) is 6.72. The molecule has 1 unspecified atom stereocenters. The summed E-state index contributed by atoms with van der Waals surface area (Å²) < 4.78 is 0. The van der Waals surface area contributed by atoms with Gasteiger partial charge >= 0.3 is 0 Å². The van der Waals surface area contributed by atoms with E-state index in [2.05, 4.69) is 17.1 Å². The number of nitrogens with one attached hydrogen (secondary N) is 1. The second-order valence-electron chi connectivity index (χ2n) is 4.02. The van der Waals surface area contributed by atoms with Gasteiger partial charge in [-0.2, -0.15) is 0 Å². The molecule has 2 saturated heterocycles. The normalized spacial score (nSPS) is 29.9. The Morgan fingerprint density at radius 3 is 3.07 bits per heavy atom. The van der Waals surface area contributed by atoms with Crippen LogP contribution in [0.2, 0.25) is 0 Å². The van der Waals surface area contributed by atoms with E-state index in [1.165, 1.54) is 6.42 Å². The Morgan fingerprint density at radius 1 is 1.50 bits per heavy atom. The van der Waals surface area contributed by atoms with E-state index in [0.717, 1.165) is 32.6 Å². The van der Waals surface area contributed by atoms with E-state index in [4.69, 9.17) is 0 Å². The molecular weight excluding hydrogens is 178 g/mol. The second-order valence-corrected chi connectivity index (χ2v) is 4.02. The van der Waals surface area contributed by atoms with E-state index in [0.29, 0.717) is 12.7 Å². The molecule has 0 saturated carbocycles. The average Bonchev–Trinajstić information content (AvgIpc) is 2.66. The van der Waals surface area contributed by atoms with Gasteiger partial charge in [-0.25, -0.2) is 0 Å². The number of piperazine rings is 1. The fourth-order valence-corrected chi connectivity index (χ4v) is 2.47. The SMILES string of the molecule is CCN1CCCC1N1CCNCC1=O. The van der Waals surface area contributed by atoms with Crippen LogP contribution in [-0.4, -0.2) is 54.6 Å². The third-order valence-corrected chi connectivity index (χ3v) is 3.22. The van der Waals surface area contributed by atoms with Gasteiger partial charge in [-0.05, 0) is 19.4 Å². The van der Waals surface area contributed by atoms with Gasteiger partial charge in [0.15, 0.2) is 0 Å². The lowest BCUT2D eigenvalue weighted by Gasteiger charge is -2.37. The molecule has 1 amide bonds. The van der Waals surface area contributed by atoms with Crippen molar-refractivity contribution in [3.8, 4) is 0 Å². The molecule has 2 aliphatic heterocycles. The highest BCUT2D eigenvalue weighted by Crippen LogP contribution is 2.20. The predicted octanol–water partition coefficient (Wildman–Crippen LogP) is -0.140. The van der Waals surface area contributed by atoms with Crippen LogP contribution < -0.4 is 5.32 Å². The minimum Gasteiger partial charge on any atom is -0.325 e. The Hall–Kier alpha value is -0.610. The number of amides is 1. The third-order valence-electron chi connectivity index (χ3n) is 3.22. The molecule has 0 aromatic rings. The van der Waals surface area contributed by atoms with Crippen molar-refractivity contribution in [3.63, 3.8) is 0 Å². The van der Waals surface area contributed by atoms with E-state index < -0.39 is 0 Å². The predicted molar refractivity (Wildman–Crippen MR) is 54.9 cm³/mol. The maximum absolute atomic E-state index is 11.7. The standard InChI is InChI=1S/C10H19N3O/c1-2-12-6-3-4-9(12)13-7-5-11-8-10(13)14/h9,11H,2-8H2,1H3. The summed E-state index contributed by atoms with van der Waals surface area (Å²) in [5.74, 6) is 0.265. The first-order chi connectivity index (χ1) is 6.83. The van der Waals surface area contributed by atoms with Gasteiger partial charge in [0.2, 0.25) is 5.91 Å². The summed E-state index contributed by atoms with van der Waals surface area (Å²) in [5, 5.41) is 3.11. The Labute approximate surface area is 85.2 Å². The minimum atomic E-state index is 0.265. The molecule has 2 aliphatic rings. The minimum absolute atomic E-state index is 0.265. The summed E-state index contributed by atoms with van der Waals surface area (Å²) in [7, 11) is 0. The Morgan fingerprint density at radius 2 is 2.36 bits per heavy atom. The lowest BCUT2D eigenvalue weighted by molar-refractivity contribution is -0.137. The van der Waals surface area contributed by atoms with Crippen molar-refractivity contribution in [1.82, 2.24) is 15.1 Å². The molecule has 0 radical (unpaired) electrons. The van der Waals surface area contributed by atoms with Crippen LogP contribution in [-0.2, 0) is 4.79 Å². The highest BCUT2D eigenvalue weighted by Gasteiger charge is 2.32. The van der Waals surface area contributed by atoms with Crippen LogP contribution in [0.4, 0.5) is 0 Å².